The number of methoxy groups -OCH3 is 2. The maximum Gasteiger partial charge on any atom is 0.189 e. The van der Waals surface area contributed by atoms with Crippen molar-refractivity contribution >= 4 is 21.9 Å². The van der Waals surface area contributed by atoms with Crippen LogP contribution in [0.25, 0.3) is 0 Å². The van der Waals surface area contributed by atoms with Gasteiger partial charge >= 0.3 is 0 Å². The highest BCUT2D eigenvalue weighted by molar-refractivity contribution is 9.10. The Hall–Kier alpha value is -2.21. The van der Waals surface area contributed by atoms with E-state index in [1.54, 1.807) is 14.2 Å². The minimum atomic E-state index is -0.00958. The van der Waals surface area contributed by atoms with Gasteiger partial charge in [0.1, 0.15) is 11.5 Å². The molecular formula is C18H20BrN3O2. The van der Waals surface area contributed by atoms with Gasteiger partial charge in [-0.05, 0) is 42.3 Å². The van der Waals surface area contributed by atoms with E-state index < -0.39 is 0 Å². The molecule has 0 saturated carbocycles. The fourth-order valence-electron chi connectivity index (χ4n) is 2.96. The van der Waals surface area contributed by atoms with Crippen molar-refractivity contribution in [2.75, 3.05) is 14.2 Å². The third-order valence-corrected chi connectivity index (χ3v) is 4.61. The number of guanidine groups is 1. The number of nitrogens with zero attached hydrogens (tertiary/aromatic N) is 1. The highest BCUT2D eigenvalue weighted by Crippen LogP contribution is 2.37. The first-order valence-electron chi connectivity index (χ1n) is 7.68. The fraction of sp³-hybridized carbons (Fsp3) is 0.278. The summed E-state index contributed by atoms with van der Waals surface area (Å²) in [5.41, 5.74) is 8.18. The van der Waals surface area contributed by atoms with Crippen LogP contribution in [-0.4, -0.2) is 20.2 Å². The lowest BCUT2D eigenvalue weighted by atomic mass is 9.93. The van der Waals surface area contributed by atoms with Gasteiger partial charge in [0.15, 0.2) is 5.96 Å². The zero-order valence-electron chi connectivity index (χ0n) is 13.6. The number of hydrogen-bond acceptors (Lipinski definition) is 5. The van der Waals surface area contributed by atoms with Crippen molar-refractivity contribution in [3.8, 4) is 11.5 Å². The molecule has 0 bridgehead atoms. The van der Waals surface area contributed by atoms with Crippen LogP contribution in [0.3, 0.4) is 0 Å². The SMILES string of the molecule is COc1ccc(OC)c(C2CC(c3cccc(Br)c3)N=C(N)N2)c1. The average Bonchev–Trinajstić information content (AvgIpc) is 2.60. The van der Waals surface area contributed by atoms with Crippen LogP contribution in [0.15, 0.2) is 51.9 Å². The van der Waals surface area contributed by atoms with Crippen molar-refractivity contribution < 1.29 is 9.47 Å². The Morgan fingerprint density at radius 2 is 2.00 bits per heavy atom. The topological polar surface area (TPSA) is 68.9 Å². The molecule has 0 aromatic heterocycles. The highest BCUT2D eigenvalue weighted by Gasteiger charge is 2.27. The monoisotopic (exact) mass is 389 g/mol. The van der Waals surface area contributed by atoms with Gasteiger partial charge in [0.05, 0.1) is 26.3 Å². The maximum absolute atomic E-state index is 6.05. The van der Waals surface area contributed by atoms with E-state index >= 15 is 0 Å². The standard InChI is InChI=1S/C18H20BrN3O2/c1-23-13-6-7-17(24-2)14(9-13)16-10-15(21-18(20)22-16)11-4-3-5-12(19)8-11/h3-9,15-16H,10H2,1-2H3,(H3,20,21,22). The molecule has 0 spiro atoms. The van der Waals surface area contributed by atoms with E-state index in [-0.39, 0.29) is 12.1 Å². The predicted octanol–water partition coefficient (Wildman–Crippen LogP) is 3.56. The van der Waals surface area contributed by atoms with E-state index in [1.165, 1.54) is 0 Å². The molecule has 1 heterocycles. The molecule has 6 heteroatoms. The molecule has 0 amide bonds. The second-order valence-corrected chi connectivity index (χ2v) is 6.54. The summed E-state index contributed by atoms with van der Waals surface area (Å²) in [6.07, 6.45) is 0.778. The van der Waals surface area contributed by atoms with E-state index in [1.807, 2.05) is 30.3 Å². The van der Waals surface area contributed by atoms with E-state index in [2.05, 4.69) is 38.4 Å². The Morgan fingerprint density at radius 3 is 2.71 bits per heavy atom. The van der Waals surface area contributed by atoms with Crippen molar-refractivity contribution in [1.29, 1.82) is 0 Å². The molecule has 1 aliphatic heterocycles. The lowest BCUT2D eigenvalue weighted by Gasteiger charge is -2.30. The van der Waals surface area contributed by atoms with Gasteiger partial charge in [0, 0.05) is 10.0 Å². The number of hydrogen-bond donors (Lipinski definition) is 2. The van der Waals surface area contributed by atoms with Gasteiger partial charge in [-0.2, -0.15) is 0 Å². The van der Waals surface area contributed by atoms with Crippen LogP contribution in [0.2, 0.25) is 0 Å². The number of halogens is 1. The van der Waals surface area contributed by atoms with Gasteiger partial charge in [-0.3, -0.25) is 0 Å². The minimum absolute atomic E-state index is 0.00321. The molecule has 0 radical (unpaired) electrons. The van der Waals surface area contributed by atoms with Gasteiger partial charge in [-0.1, -0.05) is 28.1 Å². The Morgan fingerprint density at radius 1 is 1.17 bits per heavy atom. The number of nitrogens with two attached hydrogens (primary N) is 1. The molecule has 0 aliphatic carbocycles. The van der Waals surface area contributed by atoms with Crippen LogP contribution in [-0.2, 0) is 0 Å². The smallest absolute Gasteiger partial charge is 0.189 e. The lowest BCUT2D eigenvalue weighted by molar-refractivity contribution is 0.386. The molecule has 2 aromatic rings. The molecule has 2 unspecified atom stereocenters. The van der Waals surface area contributed by atoms with Crippen molar-refractivity contribution in [3.05, 3.63) is 58.1 Å². The van der Waals surface area contributed by atoms with Gasteiger partial charge in [0.25, 0.3) is 0 Å². The number of aliphatic imine (C=N–C) groups is 1. The van der Waals surface area contributed by atoms with Crippen molar-refractivity contribution in [3.63, 3.8) is 0 Å². The van der Waals surface area contributed by atoms with Crippen molar-refractivity contribution in [2.24, 2.45) is 10.7 Å². The lowest BCUT2D eigenvalue weighted by Crippen LogP contribution is -2.39. The third kappa shape index (κ3) is 3.48. The van der Waals surface area contributed by atoms with E-state index in [4.69, 9.17) is 15.2 Å². The summed E-state index contributed by atoms with van der Waals surface area (Å²) in [6, 6.07) is 13.9. The van der Waals surface area contributed by atoms with Gasteiger partial charge < -0.3 is 20.5 Å². The van der Waals surface area contributed by atoms with E-state index in [0.29, 0.717) is 5.96 Å². The summed E-state index contributed by atoms with van der Waals surface area (Å²) in [4.78, 5) is 4.56. The average molecular weight is 390 g/mol. The number of benzene rings is 2. The van der Waals surface area contributed by atoms with Crippen molar-refractivity contribution in [1.82, 2.24) is 5.32 Å². The Labute approximate surface area is 150 Å². The van der Waals surface area contributed by atoms with Gasteiger partial charge in [-0.25, -0.2) is 4.99 Å². The van der Waals surface area contributed by atoms with Crippen LogP contribution >= 0.6 is 15.9 Å². The quantitative estimate of drug-likeness (QED) is 0.838. The summed E-state index contributed by atoms with van der Waals surface area (Å²) in [5, 5.41) is 3.25. The van der Waals surface area contributed by atoms with Crippen molar-refractivity contribution in [2.45, 2.75) is 18.5 Å². The van der Waals surface area contributed by atoms with Crippen LogP contribution in [0.1, 0.15) is 29.6 Å². The molecule has 0 saturated heterocycles. The van der Waals surface area contributed by atoms with E-state index in [9.17, 15) is 0 Å². The first kappa shape index (κ1) is 16.6. The molecule has 3 rings (SSSR count). The Bertz CT molecular complexity index is 764. The zero-order valence-corrected chi connectivity index (χ0v) is 15.2. The summed E-state index contributed by atoms with van der Waals surface area (Å²) in [7, 11) is 3.32. The summed E-state index contributed by atoms with van der Waals surface area (Å²) >= 11 is 3.51. The van der Waals surface area contributed by atoms with Crippen LogP contribution in [0.5, 0.6) is 11.5 Å². The first-order valence-corrected chi connectivity index (χ1v) is 8.47. The minimum Gasteiger partial charge on any atom is -0.497 e. The first-order chi connectivity index (χ1) is 11.6. The number of nitrogens with one attached hydrogen (secondary N) is 1. The van der Waals surface area contributed by atoms with E-state index in [0.717, 1.165) is 33.5 Å². The molecule has 2 aromatic carbocycles. The highest BCUT2D eigenvalue weighted by atomic mass is 79.9. The maximum atomic E-state index is 6.05. The number of ether oxygens (including phenoxy) is 2. The predicted molar refractivity (Wildman–Crippen MR) is 98.5 cm³/mol. The third-order valence-electron chi connectivity index (χ3n) is 4.12. The van der Waals surface area contributed by atoms with Crippen LogP contribution in [0, 0.1) is 0 Å². The Kier molecular flexibility index (Phi) is 4.94. The molecule has 3 N–H and O–H groups in total. The molecule has 126 valence electrons. The normalized spacial score (nSPS) is 20.0. The van der Waals surface area contributed by atoms with Crippen LogP contribution in [0.4, 0.5) is 0 Å². The second-order valence-electron chi connectivity index (χ2n) is 5.63. The Balaban J connectivity index is 1.95. The van der Waals surface area contributed by atoms with Crippen LogP contribution < -0.4 is 20.5 Å². The largest absolute Gasteiger partial charge is 0.497 e. The fourth-order valence-corrected chi connectivity index (χ4v) is 3.38. The van der Waals surface area contributed by atoms with Gasteiger partial charge in [0.2, 0.25) is 0 Å². The number of rotatable bonds is 4. The molecule has 5 nitrogen and oxygen atoms in total. The molecule has 1 aliphatic rings. The molecule has 24 heavy (non-hydrogen) atoms. The molecule has 2 atom stereocenters. The second kappa shape index (κ2) is 7.13. The zero-order chi connectivity index (χ0) is 17.1. The molecule has 0 fully saturated rings. The summed E-state index contributed by atoms with van der Waals surface area (Å²) in [6.45, 7) is 0. The summed E-state index contributed by atoms with van der Waals surface area (Å²) < 4.78 is 11.9. The molecular weight excluding hydrogens is 370 g/mol. The summed E-state index contributed by atoms with van der Waals surface area (Å²) in [5.74, 6) is 2.02. The van der Waals surface area contributed by atoms with Gasteiger partial charge in [-0.15, -0.1) is 0 Å².